The SMILES string of the molecule is CN(Cc1n[nH]c2c1CCC2)c1cc(NC2CC2)nc(N)n1. The van der Waals surface area contributed by atoms with Crippen LogP contribution in [0, 0.1) is 0 Å². The van der Waals surface area contributed by atoms with E-state index >= 15 is 0 Å². The molecule has 7 nitrogen and oxygen atoms in total. The van der Waals surface area contributed by atoms with Gasteiger partial charge >= 0.3 is 0 Å². The molecule has 0 aliphatic heterocycles. The van der Waals surface area contributed by atoms with Crippen LogP contribution < -0.4 is 16.0 Å². The average molecular weight is 299 g/mol. The maximum atomic E-state index is 5.85. The monoisotopic (exact) mass is 299 g/mol. The highest BCUT2D eigenvalue weighted by molar-refractivity contribution is 5.53. The minimum Gasteiger partial charge on any atom is -0.368 e. The minimum atomic E-state index is 0.305. The first-order valence-corrected chi connectivity index (χ1v) is 7.86. The Morgan fingerprint density at radius 2 is 2.23 bits per heavy atom. The van der Waals surface area contributed by atoms with Crippen LogP contribution in [0.1, 0.15) is 36.2 Å². The van der Waals surface area contributed by atoms with Gasteiger partial charge in [-0.2, -0.15) is 15.1 Å². The number of rotatable bonds is 5. The van der Waals surface area contributed by atoms with Gasteiger partial charge in [0.25, 0.3) is 0 Å². The molecule has 4 rings (SSSR count). The summed E-state index contributed by atoms with van der Waals surface area (Å²) in [6, 6.07) is 2.50. The lowest BCUT2D eigenvalue weighted by Crippen LogP contribution is -2.20. The molecule has 2 aliphatic carbocycles. The second kappa shape index (κ2) is 5.15. The maximum absolute atomic E-state index is 5.85. The van der Waals surface area contributed by atoms with E-state index in [1.165, 1.54) is 30.5 Å². The van der Waals surface area contributed by atoms with Gasteiger partial charge in [-0.3, -0.25) is 5.10 Å². The van der Waals surface area contributed by atoms with Crippen LogP contribution in [-0.4, -0.2) is 33.3 Å². The summed E-state index contributed by atoms with van der Waals surface area (Å²) >= 11 is 0. The fraction of sp³-hybridized carbons (Fsp3) is 0.533. The minimum absolute atomic E-state index is 0.305. The Bertz CT molecular complexity index is 689. The molecule has 7 heteroatoms. The standard InChI is InChI=1S/C15H21N7/c1-22(8-12-10-3-2-4-11(10)20-21-12)14-7-13(17-9-5-6-9)18-15(16)19-14/h7,9H,2-6,8H2,1H3,(H,20,21)(H3,16,17,18,19). The Balaban J connectivity index is 1.53. The number of hydrogen-bond donors (Lipinski definition) is 3. The van der Waals surface area contributed by atoms with Gasteiger partial charge in [0, 0.05) is 24.8 Å². The first kappa shape index (κ1) is 13.4. The molecule has 0 bridgehead atoms. The van der Waals surface area contributed by atoms with E-state index in [9.17, 15) is 0 Å². The Morgan fingerprint density at radius 1 is 1.36 bits per heavy atom. The quantitative estimate of drug-likeness (QED) is 0.774. The molecule has 2 aliphatic rings. The molecule has 22 heavy (non-hydrogen) atoms. The number of aromatic amines is 1. The van der Waals surface area contributed by atoms with Gasteiger partial charge in [-0.05, 0) is 37.7 Å². The molecular formula is C15H21N7. The molecule has 0 aromatic carbocycles. The topological polar surface area (TPSA) is 95.8 Å². The van der Waals surface area contributed by atoms with Crippen LogP contribution in [0.2, 0.25) is 0 Å². The predicted octanol–water partition coefficient (Wildman–Crippen LogP) is 1.48. The molecule has 2 aromatic heterocycles. The van der Waals surface area contributed by atoms with Crippen molar-refractivity contribution in [1.82, 2.24) is 20.2 Å². The highest BCUT2D eigenvalue weighted by Crippen LogP contribution is 2.27. The largest absolute Gasteiger partial charge is 0.368 e. The number of H-pyrrole nitrogens is 1. The number of hydrogen-bond acceptors (Lipinski definition) is 6. The van der Waals surface area contributed by atoms with Crippen molar-refractivity contribution < 1.29 is 0 Å². The number of aryl methyl sites for hydroxylation is 1. The fourth-order valence-corrected chi connectivity index (χ4v) is 2.98. The summed E-state index contributed by atoms with van der Waals surface area (Å²) in [5.41, 5.74) is 9.63. The van der Waals surface area contributed by atoms with Crippen LogP contribution in [-0.2, 0) is 19.4 Å². The van der Waals surface area contributed by atoms with Crippen LogP contribution in [0.4, 0.5) is 17.6 Å². The van der Waals surface area contributed by atoms with Crippen molar-refractivity contribution in [3.8, 4) is 0 Å². The van der Waals surface area contributed by atoms with Crippen molar-refractivity contribution in [2.75, 3.05) is 23.0 Å². The number of nitrogens with zero attached hydrogens (tertiary/aromatic N) is 4. The summed E-state index contributed by atoms with van der Waals surface area (Å²) in [4.78, 5) is 10.7. The van der Waals surface area contributed by atoms with E-state index in [4.69, 9.17) is 5.73 Å². The van der Waals surface area contributed by atoms with E-state index in [1.807, 2.05) is 13.1 Å². The number of fused-ring (bicyclic) bond motifs is 1. The van der Waals surface area contributed by atoms with Gasteiger partial charge in [0.2, 0.25) is 5.95 Å². The lowest BCUT2D eigenvalue weighted by Gasteiger charge is -2.18. The molecule has 0 saturated heterocycles. The van der Waals surface area contributed by atoms with Crippen LogP contribution >= 0.6 is 0 Å². The Kier molecular flexibility index (Phi) is 3.13. The zero-order valence-electron chi connectivity index (χ0n) is 12.8. The first-order chi connectivity index (χ1) is 10.7. The van der Waals surface area contributed by atoms with Crippen LogP contribution in [0.5, 0.6) is 0 Å². The summed E-state index contributed by atoms with van der Waals surface area (Å²) in [7, 11) is 2.01. The van der Waals surface area contributed by atoms with Gasteiger partial charge in [0.05, 0.1) is 12.2 Å². The fourth-order valence-electron chi connectivity index (χ4n) is 2.98. The lowest BCUT2D eigenvalue weighted by molar-refractivity contribution is 0.805. The van der Waals surface area contributed by atoms with E-state index in [1.54, 1.807) is 0 Å². The van der Waals surface area contributed by atoms with Crippen LogP contribution in [0.15, 0.2) is 6.07 Å². The zero-order chi connectivity index (χ0) is 15.1. The number of aromatic nitrogens is 4. The van der Waals surface area contributed by atoms with Crippen LogP contribution in [0.25, 0.3) is 0 Å². The highest BCUT2D eigenvalue weighted by Gasteiger charge is 2.23. The summed E-state index contributed by atoms with van der Waals surface area (Å²) in [5.74, 6) is 1.94. The van der Waals surface area contributed by atoms with Crippen LogP contribution in [0.3, 0.4) is 0 Å². The van der Waals surface area contributed by atoms with Gasteiger partial charge in [0.1, 0.15) is 11.6 Å². The second-order valence-corrected chi connectivity index (χ2v) is 6.23. The van der Waals surface area contributed by atoms with E-state index in [0.29, 0.717) is 12.0 Å². The van der Waals surface area contributed by atoms with Crippen molar-refractivity contribution in [3.05, 3.63) is 23.0 Å². The van der Waals surface area contributed by atoms with Crippen molar-refractivity contribution >= 4 is 17.6 Å². The second-order valence-electron chi connectivity index (χ2n) is 6.23. The Labute approximate surface area is 129 Å². The van der Waals surface area contributed by atoms with Gasteiger partial charge in [-0.25, -0.2) is 0 Å². The first-order valence-electron chi connectivity index (χ1n) is 7.86. The molecule has 1 fully saturated rings. The lowest BCUT2D eigenvalue weighted by atomic mass is 10.2. The van der Waals surface area contributed by atoms with Crippen molar-refractivity contribution in [1.29, 1.82) is 0 Å². The molecule has 0 atom stereocenters. The van der Waals surface area contributed by atoms with Gasteiger partial charge < -0.3 is 16.0 Å². The molecule has 2 aromatic rings. The summed E-state index contributed by atoms with van der Waals surface area (Å²) in [6.45, 7) is 0.727. The summed E-state index contributed by atoms with van der Waals surface area (Å²) in [5, 5.41) is 11.0. The van der Waals surface area contributed by atoms with Crippen molar-refractivity contribution in [2.24, 2.45) is 0 Å². The zero-order valence-corrected chi connectivity index (χ0v) is 12.8. The molecule has 0 spiro atoms. The number of nitrogens with two attached hydrogens (primary N) is 1. The molecule has 4 N–H and O–H groups in total. The van der Waals surface area contributed by atoms with E-state index in [-0.39, 0.29) is 0 Å². The van der Waals surface area contributed by atoms with Gasteiger partial charge in [-0.1, -0.05) is 0 Å². The van der Waals surface area contributed by atoms with Crippen molar-refractivity contribution in [3.63, 3.8) is 0 Å². The molecular weight excluding hydrogens is 278 g/mol. The smallest absolute Gasteiger partial charge is 0.223 e. The average Bonchev–Trinajstić information content (AvgIpc) is 3.03. The Morgan fingerprint density at radius 3 is 3.05 bits per heavy atom. The molecule has 2 heterocycles. The molecule has 0 amide bonds. The van der Waals surface area contributed by atoms with Crippen molar-refractivity contribution in [2.45, 2.75) is 44.7 Å². The third kappa shape index (κ3) is 2.58. The summed E-state index contributed by atoms with van der Waals surface area (Å²) < 4.78 is 0. The third-order valence-corrected chi connectivity index (χ3v) is 4.33. The number of anilines is 3. The predicted molar refractivity (Wildman–Crippen MR) is 85.8 cm³/mol. The summed E-state index contributed by atoms with van der Waals surface area (Å²) in [6.07, 6.45) is 5.86. The van der Waals surface area contributed by atoms with E-state index < -0.39 is 0 Å². The van der Waals surface area contributed by atoms with E-state index in [0.717, 1.165) is 36.7 Å². The van der Waals surface area contributed by atoms with Gasteiger partial charge in [-0.15, -0.1) is 0 Å². The maximum Gasteiger partial charge on any atom is 0.223 e. The third-order valence-electron chi connectivity index (χ3n) is 4.33. The highest BCUT2D eigenvalue weighted by atomic mass is 15.2. The molecule has 0 radical (unpaired) electrons. The number of nitrogen functional groups attached to an aromatic ring is 1. The molecule has 0 unspecified atom stereocenters. The molecule has 116 valence electrons. The normalized spacial score (nSPS) is 16.6. The Hall–Kier alpha value is -2.31. The number of nitrogens with one attached hydrogen (secondary N) is 2. The molecule has 1 saturated carbocycles. The van der Waals surface area contributed by atoms with Gasteiger partial charge in [0.15, 0.2) is 0 Å². The van der Waals surface area contributed by atoms with E-state index in [2.05, 4.69) is 30.4 Å².